The summed E-state index contributed by atoms with van der Waals surface area (Å²) in [6.45, 7) is 19.3. The van der Waals surface area contributed by atoms with Crippen molar-refractivity contribution < 1.29 is 0 Å². The molecule has 0 amide bonds. The van der Waals surface area contributed by atoms with Crippen molar-refractivity contribution in [1.82, 2.24) is 0 Å². The van der Waals surface area contributed by atoms with Gasteiger partial charge in [0.25, 0.3) is 0 Å². The van der Waals surface area contributed by atoms with E-state index in [1.807, 2.05) is 0 Å². The summed E-state index contributed by atoms with van der Waals surface area (Å²) in [5.41, 5.74) is 0.472. The van der Waals surface area contributed by atoms with Gasteiger partial charge in [0.15, 0.2) is 0 Å². The Hall–Kier alpha value is 0. The number of hydrogen-bond donors (Lipinski definition) is 0. The third kappa shape index (κ3) is 3.02. The fourth-order valence-corrected chi connectivity index (χ4v) is 3.54. The van der Waals surface area contributed by atoms with Crippen molar-refractivity contribution in [2.45, 2.75) is 61.8 Å². The Morgan fingerprint density at radius 2 is 1.44 bits per heavy atom. The van der Waals surface area contributed by atoms with Gasteiger partial charge in [0.05, 0.1) is 0 Å². The molecule has 0 nitrogen and oxygen atoms in total. The minimum absolute atomic E-state index is 0.472. The van der Waals surface area contributed by atoms with Crippen LogP contribution in [-0.2, 0) is 0 Å². The molecule has 1 aliphatic rings. The molecule has 0 spiro atoms. The first-order valence-corrected chi connectivity index (χ1v) is 7.16. The maximum Gasteiger partial charge on any atom is -0.0326 e. The second kappa shape index (κ2) is 4.70. The Morgan fingerprint density at radius 1 is 0.938 bits per heavy atom. The van der Waals surface area contributed by atoms with Crippen molar-refractivity contribution in [3.8, 4) is 0 Å². The fraction of sp³-hybridized carbons (Fsp3) is 1.00. The average Bonchev–Trinajstić information content (AvgIpc) is 2.75. The summed E-state index contributed by atoms with van der Waals surface area (Å²) in [6.07, 6.45) is 1.40. The monoisotopic (exact) mass is 224 g/mol. The largest absolute Gasteiger partial charge is 0.0625 e. The Bertz CT molecular complexity index is 221. The van der Waals surface area contributed by atoms with E-state index < -0.39 is 0 Å². The van der Waals surface area contributed by atoms with Gasteiger partial charge in [0.1, 0.15) is 0 Å². The molecule has 5 atom stereocenters. The van der Waals surface area contributed by atoms with E-state index in [1.165, 1.54) is 6.42 Å². The van der Waals surface area contributed by atoms with E-state index >= 15 is 0 Å². The van der Waals surface area contributed by atoms with Crippen LogP contribution in [-0.4, -0.2) is 0 Å². The lowest BCUT2D eigenvalue weighted by Gasteiger charge is -2.30. The van der Waals surface area contributed by atoms with E-state index in [0.29, 0.717) is 5.41 Å². The highest BCUT2D eigenvalue weighted by Crippen LogP contribution is 2.56. The predicted octanol–water partition coefficient (Wildman–Crippen LogP) is 5.23. The van der Waals surface area contributed by atoms with Crippen LogP contribution in [0.25, 0.3) is 0 Å². The van der Waals surface area contributed by atoms with Crippen LogP contribution in [0.5, 0.6) is 0 Å². The van der Waals surface area contributed by atoms with Crippen molar-refractivity contribution in [1.29, 1.82) is 0 Å². The van der Waals surface area contributed by atoms with E-state index in [-0.39, 0.29) is 0 Å². The molecule has 0 N–H and O–H groups in total. The summed E-state index contributed by atoms with van der Waals surface area (Å²) in [5.74, 6) is 5.61. The predicted molar refractivity (Wildman–Crippen MR) is 73.4 cm³/mol. The molecule has 96 valence electrons. The van der Waals surface area contributed by atoms with Crippen molar-refractivity contribution in [3.63, 3.8) is 0 Å². The first-order chi connectivity index (χ1) is 7.16. The molecular weight excluding hydrogens is 192 g/mol. The molecule has 1 saturated carbocycles. The molecule has 16 heavy (non-hydrogen) atoms. The SMILES string of the molecule is CC(C)C1C(C)C1C(C)CC(C)C(C)(C)C. The van der Waals surface area contributed by atoms with Gasteiger partial charge in [0.2, 0.25) is 0 Å². The van der Waals surface area contributed by atoms with Gasteiger partial charge >= 0.3 is 0 Å². The van der Waals surface area contributed by atoms with Crippen LogP contribution < -0.4 is 0 Å². The maximum absolute atomic E-state index is 2.48. The maximum atomic E-state index is 2.48. The zero-order chi connectivity index (χ0) is 12.7. The van der Waals surface area contributed by atoms with Crippen LogP contribution in [0.15, 0.2) is 0 Å². The van der Waals surface area contributed by atoms with Gasteiger partial charge in [-0.3, -0.25) is 0 Å². The zero-order valence-corrected chi connectivity index (χ0v) is 12.7. The Balaban J connectivity index is 2.46. The molecular formula is C16H32. The van der Waals surface area contributed by atoms with Gasteiger partial charge < -0.3 is 0 Å². The van der Waals surface area contributed by atoms with Crippen LogP contribution >= 0.6 is 0 Å². The summed E-state index contributed by atoms with van der Waals surface area (Å²) in [6, 6.07) is 0. The molecule has 0 aliphatic heterocycles. The highest BCUT2D eigenvalue weighted by molar-refractivity contribution is 4.98. The summed E-state index contributed by atoms with van der Waals surface area (Å²) in [7, 11) is 0. The van der Waals surface area contributed by atoms with E-state index in [2.05, 4.69) is 55.4 Å². The Morgan fingerprint density at radius 3 is 1.75 bits per heavy atom. The molecule has 0 aromatic carbocycles. The number of hydrogen-bond acceptors (Lipinski definition) is 0. The molecule has 0 aromatic heterocycles. The van der Waals surface area contributed by atoms with Crippen LogP contribution in [0.3, 0.4) is 0 Å². The second-order valence-electron chi connectivity index (χ2n) is 7.74. The van der Waals surface area contributed by atoms with E-state index in [9.17, 15) is 0 Å². The molecule has 0 aromatic rings. The Kier molecular flexibility index (Phi) is 4.13. The van der Waals surface area contributed by atoms with Crippen LogP contribution in [0, 0.1) is 40.9 Å². The summed E-state index contributed by atoms with van der Waals surface area (Å²) in [4.78, 5) is 0. The quantitative estimate of drug-likeness (QED) is 0.613. The molecule has 0 saturated heterocycles. The minimum Gasteiger partial charge on any atom is -0.0625 e. The van der Waals surface area contributed by atoms with Gasteiger partial charge in [-0.25, -0.2) is 0 Å². The van der Waals surface area contributed by atoms with Crippen molar-refractivity contribution in [2.75, 3.05) is 0 Å². The lowest BCUT2D eigenvalue weighted by molar-refractivity contribution is 0.205. The average molecular weight is 224 g/mol. The van der Waals surface area contributed by atoms with E-state index in [1.54, 1.807) is 0 Å². The van der Waals surface area contributed by atoms with E-state index in [4.69, 9.17) is 0 Å². The molecule has 1 rings (SSSR count). The summed E-state index contributed by atoms with van der Waals surface area (Å²) in [5, 5.41) is 0. The van der Waals surface area contributed by atoms with Gasteiger partial charge in [-0.05, 0) is 47.3 Å². The number of rotatable bonds is 4. The highest BCUT2D eigenvalue weighted by atomic mass is 14.6. The second-order valence-corrected chi connectivity index (χ2v) is 7.74. The molecule has 0 heterocycles. The smallest absolute Gasteiger partial charge is 0.0326 e. The topological polar surface area (TPSA) is 0 Å². The van der Waals surface area contributed by atoms with Gasteiger partial charge in [-0.1, -0.05) is 55.4 Å². The highest BCUT2D eigenvalue weighted by Gasteiger charge is 2.50. The third-order valence-corrected chi connectivity index (χ3v) is 5.15. The van der Waals surface area contributed by atoms with Crippen molar-refractivity contribution >= 4 is 0 Å². The summed E-state index contributed by atoms with van der Waals surface area (Å²) < 4.78 is 0. The lowest BCUT2D eigenvalue weighted by atomic mass is 9.76. The molecule has 1 fully saturated rings. The molecule has 0 heteroatoms. The van der Waals surface area contributed by atoms with Crippen molar-refractivity contribution in [2.24, 2.45) is 40.9 Å². The zero-order valence-electron chi connectivity index (χ0n) is 12.7. The van der Waals surface area contributed by atoms with Crippen LogP contribution in [0.2, 0.25) is 0 Å². The normalized spacial score (nSPS) is 33.9. The molecule has 0 radical (unpaired) electrons. The standard InChI is InChI=1S/C16H32/c1-10(2)14-13(5)15(14)11(3)9-12(4)16(6,7)8/h10-15H,9H2,1-8H3. The minimum atomic E-state index is 0.472. The third-order valence-electron chi connectivity index (χ3n) is 5.15. The van der Waals surface area contributed by atoms with Gasteiger partial charge in [0, 0.05) is 0 Å². The summed E-state index contributed by atoms with van der Waals surface area (Å²) >= 11 is 0. The fourth-order valence-electron chi connectivity index (χ4n) is 3.54. The van der Waals surface area contributed by atoms with Crippen LogP contribution in [0.1, 0.15) is 61.8 Å². The first kappa shape index (κ1) is 14.1. The Labute approximate surface area is 103 Å². The molecule has 0 bridgehead atoms. The van der Waals surface area contributed by atoms with E-state index in [0.717, 1.165) is 35.5 Å². The van der Waals surface area contributed by atoms with Crippen molar-refractivity contribution in [3.05, 3.63) is 0 Å². The van der Waals surface area contributed by atoms with Gasteiger partial charge in [-0.2, -0.15) is 0 Å². The molecule has 1 aliphatic carbocycles. The van der Waals surface area contributed by atoms with Gasteiger partial charge in [-0.15, -0.1) is 0 Å². The lowest BCUT2D eigenvalue weighted by Crippen LogP contribution is -2.20. The first-order valence-electron chi connectivity index (χ1n) is 7.16. The van der Waals surface area contributed by atoms with Crippen LogP contribution in [0.4, 0.5) is 0 Å². The molecule has 5 unspecified atom stereocenters.